The lowest BCUT2D eigenvalue weighted by molar-refractivity contribution is 0.102. The summed E-state index contributed by atoms with van der Waals surface area (Å²) in [6.07, 6.45) is 3.02. The number of likely N-dealkylation sites (tertiary alicyclic amines) is 1. The zero-order valence-electron chi connectivity index (χ0n) is 19.5. The smallest absolute Gasteiger partial charge is 0.275 e. The summed E-state index contributed by atoms with van der Waals surface area (Å²) >= 11 is 7.06. The van der Waals surface area contributed by atoms with Gasteiger partial charge in [0.1, 0.15) is 11.4 Å². The Kier molecular flexibility index (Phi) is 8.13. The van der Waals surface area contributed by atoms with Crippen molar-refractivity contribution in [1.29, 1.82) is 0 Å². The van der Waals surface area contributed by atoms with Crippen LogP contribution in [0.3, 0.4) is 0 Å². The fourth-order valence-corrected chi connectivity index (χ4v) is 5.32. The number of nitrogens with zero attached hydrogens (tertiary/aromatic N) is 2. The van der Waals surface area contributed by atoms with Crippen molar-refractivity contribution in [3.63, 3.8) is 0 Å². The van der Waals surface area contributed by atoms with Crippen LogP contribution < -0.4 is 15.4 Å². The molecule has 0 atom stereocenters. The summed E-state index contributed by atoms with van der Waals surface area (Å²) in [6.45, 7) is 4.86. The van der Waals surface area contributed by atoms with Crippen molar-refractivity contribution in [1.82, 2.24) is 15.2 Å². The number of thiazole rings is 1. The Bertz CT molecular complexity index is 1120. The maximum atomic E-state index is 13.1. The van der Waals surface area contributed by atoms with Crippen LogP contribution in [0.15, 0.2) is 53.9 Å². The summed E-state index contributed by atoms with van der Waals surface area (Å²) in [5.41, 5.74) is 3.11. The second-order valence-electron chi connectivity index (χ2n) is 8.30. The second-order valence-corrected chi connectivity index (χ2v) is 9.57. The van der Waals surface area contributed by atoms with E-state index < -0.39 is 0 Å². The number of anilines is 1. The SMILES string of the molecule is CCCNC(=S)N1CCC(c2nc(C(=O)Nc3cc(OC)ccc3-c3ccccc3)cs2)CC1. The van der Waals surface area contributed by atoms with E-state index in [0.29, 0.717) is 23.0 Å². The topological polar surface area (TPSA) is 66.5 Å². The molecule has 2 aromatic carbocycles. The molecular weight excluding hydrogens is 464 g/mol. The lowest BCUT2D eigenvalue weighted by atomic mass is 9.98. The van der Waals surface area contributed by atoms with E-state index in [4.69, 9.17) is 21.9 Å². The van der Waals surface area contributed by atoms with Crippen molar-refractivity contribution in [2.75, 3.05) is 32.1 Å². The largest absolute Gasteiger partial charge is 0.497 e. The summed E-state index contributed by atoms with van der Waals surface area (Å²) in [7, 11) is 1.62. The summed E-state index contributed by atoms with van der Waals surface area (Å²) in [5, 5.41) is 10.1. The molecule has 178 valence electrons. The molecule has 2 heterocycles. The number of rotatable bonds is 7. The summed E-state index contributed by atoms with van der Waals surface area (Å²) < 4.78 is 5.38. The molecule has 0 bridgehead atoms. The highest BCUT2D eigenvalue weighted by Gasteiger charge is 2.25. The fraction of sp³-hybridized carbons (Fsp3) is 0.346. The van der Waals surface area contributed by atoms with Crippen LogP contribution >= 0.6 is 23.6 Å². The number of hydrogen-bond donors (Lipinski definition) is 2. The minimum Gasteiger partial charge on any atom is -0.497 e. The predicted molar refractivity (Wildman–Crippen MR) is 143 cm³/mol. The van der Waals surface area contributed by atoms with Crippen LogP contribution in [0.5, 0.6) is 5.75 Å². The first-order valence-corrected chi connectivity index (χ1v) is 12.9. The van der Waals surface area contributed by atoms with Gasteiger partial charge >= 0.3 is 0 Å². The van der Waals surface area contributed by atoms with Gasteiger partial charge in [-0.05, 0) is 49.2 Å². The van der Waals surface area contributed by atoms with E-state index in [2.05, 4.69) is 22.5 Å². The molecule has 0 spiro atoms. The Morgan fingerprint density at radius 2 is 1.97 bits per heavy atom. The van der Waals surface area contributed by atoms with Gasteiger partial charge in [-0.15, -0.1) is 11.3 Å². The number of carbonyl (C=O) groups excluding carboxylic acids is 1. The quantitative estimate of drug-likeness (QED) is 0.421. The minimum atomic E-state index is -0.213. The molecule has 0 aliphatic carbocycles. The highest BCUT2D eigenvalue weighted by Crippen LogP contribution is 2.33. The van der Waals surface area contributed by atoms with Crippen molar-refractivity contribution in [2.24, 2.45) is 0 Å². The lowest BCUT2D eigenvalue weighted by Gasteiger charge is -2.33. The van der Waals surface area contributed by atoms with Crippen LogP contribution in [-0.4, -0.2) is 47.6 Å². The number of benzene rings is 2. The number of methoxy groups -OCH3 is 1. The number of piperidine rings is 1. The van der Waals surface area contributed by atoms with Gasteiger partial charge in [0.05, 0.1) is 17.8 Å². The second kappa shape index (κ2) is 11.4. The third-order valence-electron chi connectivity index (χ3n) is 5.97. The molecule has 1 aliphatic heterocycles. The van der Waals surface area contributed by atoms with Crippen LogP contribution in [0.2, 0.25) is 0 Å². The molecule has 0 saturated carbocycles. The van der Waals surface area contributed by atoms with E-state index in [1.54, 1.807) is 18.4 Å². The number of hydrogen-bond acceptors (Lipinski definition) is 5. The van der Waals surface area contributed by atoms with Crippen LogP contribution in [-0.2, 0) is 0 Å². The van der Waals surface area contributed by atoms with E-state index in [9.17, 15) is 4.79 Å². The molecule has 0 unspecified atom stereocenters. The summed E-state index contributed by atoms with van der Waals surface area (Å²) in [6, 6.07) is 15.7. The van der Waals surface area contributed by atoms with Crippen LogP contribution in [0.1, 0.15) is 47.6 Å². The Balaban J connectivity index is 1.43. The first-order chi connectivity index (χ1) is 16.6. The average molecular weight is 495 g/mol. The normalized spacial score (nSPS) is 14.0. The molecular formula is C26H30N4O2S2. The van der Waals surface area contributed by atoms with Gasteiger partial charge in [-0.25, -0.2) is 4.98 Å². The van der Waals surface area contributed by atoms with Crippen molar-refractivity contribution in [3.8, 4) is 16.9 Å². The van der Waals surface area contributed by atoms with E-state index in [0.717, 1.165) is 60.1 Å². The summed E-state index contributed by atoms with van der Waals surface area (Å²) in [4.78, 5) is 20.0. The molecule has 8 heteroatoms. The number of carbonyl (C=O) groups is 1. The summed E-state index contributed by atoms with van der Waals surface area (Å²) in [5.74, 6) is 0.829. The molecule has 34 heavy (non-hydrogen) atoms. The Morgan fingerprint density at radius 3 is 2.68 bits per heavy atom. The number of nitrogens with one attached hydrogen (secondary N) is 2. The maximum absolute atomic E-state index is 13.1. The molecule has 1 fully saturated rings. The van der Waals surface area contributed by atoms with Crippen LogP contribution in [0, 0.1) is 0 Å². The first-order valence-electron chi connectivity index (χ1n) is 11.6. The molecule has 1 aromatic heterocycles. The van der Waals surface area contributed by atoms with Gasteiger partial charge in [-0.2, -0.15) is 0 Å². The highest BCUT2D eigenvalue weighted by molar-refractivity contribution is 7.80. The first kappa shape index (κ1) is 24.2. The third-order valence-corrected chi connectivity index (χ3v) is 7.38. The number of aromatic nitrogens is 1. The average Bonchev–Trinajstić information content (AvgIpc) is 3.38. The van der Waals surface area contributed by atoms with Gasteiger partial charge in [0.25, 0.3) is 5.91 Å². The van der Waals surface area contributed by atoms with Crippen molar-refractivity contribution in [3.05, 3.63) is 64.6 Å². The van der Waals surface area contributed by atoms with Crippen LogP contribution in [0.25, 0.3) is 11.1 Å². The van der Waals surface area contributed by atoms with Crippen molar-refractivity contribution < 1.29 is 9.53 Å². The van der Waals surface area contributed by atoms with Crippen molar-refractivity contribution in [2.45, 2.75) is 32.1 Å². The number of thiocarbonyl (C=S) groups is 1. The standard InChI is InChI=1S/C26H30N4O2S2/c1-3-13-27-26(33)30-14-11-19(12-15-30)25-29-23(17-34-25)24(31)28-22-16-20(32-2)9-10-21(22)18-7-5-4-6-8-18/h4-10,16-17,19H,3,11-15H2,1-2H3,(H,27,33)(H,28,31). The predicted octanol–water partition coefficient (Wildman–Crippen LogP) is 5.53. The maximum Gasteiger partial charge on any atom is 0.275 e. The lowest BCUT2D eigenvalue weighted by Crippen LogP contribution is -2.44. The fourth-order valence-electron chi connectivity index (χ4n) is 4.06. The molecule has 4 rings (SSSR count). The van der Waals surface area contributed by atoms with Gasteiger partial charge in [0.15, 0.2) is 5.11 Å². The molecule has 0 radical (unpaired) electrons. The highest BCUT2D eigenvalue weighted by atomic mass is 32.1. The van der Waals surface area contributed by atoms with Crippen LogP contribution in [0.4, 0.5) is 5.69 Å². The number of amides is 1. The molecule has 3 aromatic rings. The third kappa shape index (κ3) is 5.74. The molecule has 6 nitrogen and oxygen atoms in total. The van der Waals surface area contributed by atoms with E-state index >= 15 is 0 Å². The zero-order valence-corrected chi connectivity index (χ0v) is 21.2. The molecule has 1 amide bonds. The van der Waals surface area contributed by atoms with Crippen molar-refractivity contribution >= 4 is 40.3 Å². The van der Waals surface area contributed by atoms with E-state index in [1.807, 2.05) is 53.9 Å². The van der Waals surface area contributed by atoms with Gasteiger partial charge in [0, 0.05) is 42.6 Å². The number of ether oxygens (including phenoxy) is 1. The van der Waals surface area contributed by atoms with E-state index in [-0.39, 0.29) is 5.91 Å². The Morgan fingerprint density at radius 1 is 1.21 bits per heavy atom. The van der Waals surface area contributed by atoms with Gasteiger partial charge in [-0.1, -0.05) is 37.3 Å². The Hall–Kier alpha value is -2.97. The Labute approximate surface area is 210 Å². The van der Waals surface area contributed by atoms with E-state index in [1.165, 1.54) is 0 Å². The minimum absolute atomic E-state index is 0.213. The molecule has 1 aliphatic rings. The van der Waals surface area contributed by atoms with Gasteiger partial charge in [-0.3, -0.25) is 4.79 Å². The van der Waals surface area contributed by atoms with Gasteiger partial charge < -0.3 is 20.3 Å². The molecule has 2 N–H and O–H groups in total. The van der Waals surface area contributed by atoms with Gasteiger partial charge in [0.2, 0.25) is 0 Å². The monoisotopic (exact) mass is 494 g/mol. The molecule has 1 saturated heterocycles. The zero-order chi connectivity index (χ0) is 23.9.